The summed E-state index contributed by atoms with van der Waals surface area (Å²) in [5.74, 6) is 0.0626. The van der Waals surface area contributed by atoms with Crippen molar-refractivity contribution in [1.29, 1.82) is 0 Å². The molecule has 5 rings (SSSR count). The largest absolute Gasteiger partial charge is 0.329 e. The first kappa shape index (κ1) is 21.7. The number of anilines is 1. The van der Waals surface area contributed by atoms with Crippen LogP contribution in [0.15, 0.2) is 42.5 Å². The third-order valence-corrected chi connectivity index (χ3v) is 6.11. The minimum atomic E-state index is -0.584. The maximum atomic E-state index is 14.7. The molecule has 0 spiro atoms. The van der Waals surface area contributed by atoms with Gasteiger partial charge in [-0.05, 0) is 42.7 Å². The Labute approximate surface area is 195 Å². The van der Waals surface area contributed by atoms with Crippen LogP contribution in [0.4, 0.5) is 14.9 Å². The molecule has 2 N–H and O–H groups in total. The summed E-state index contributed by atoms with van der Waals surface area (Å²) in [6.07, 6.45) is 4.06. The number of nitrogens with zero attached hydrogens (tertiary/aromatic N) is 4. The summed E-state index contributed by atoms with van der Waals surface area (Å²) in [5.41, 5.74) is 1.39. The molecule has 0 radical (unpaired) electrons. The van der Waals surface area contributed by atoms with Crippen molar-refractivity contribution in [1.82, 2.24) is 25.0 Å². The maximum Gasteiger partial charge on any atom is 0.324 e. The fourth-order valence-electron chi connectivity index (χ4n) is 4.31. The number of halogens is 1. The zero-order chi connectivity index (χ0) is 23.7. The minimum Gasteiger partial charge on any atom is -0.329 e. The van der Waals surface area contributed by atoms with E-state index < -0.39 is 17.8 Å². The van der Waals surface area contributed by atoms with Gasteiger partial charge in [0.05, 0.1) is 18.8 Å². The Balaban J connectivity index is 1.41. The Morgan fingerprint density at radius 3 is 2.76 bits per heavy atom. The first-order valence-corrected chi connectivity index (χ1v) is 11.2. The van der Waals surface area contributed by atoms with Gasteiger partial charge in [-0.2, -0.15) is 0 Å². The van der Waals surface area contributed by atoms with E-state index in [0.29, 0.717) is 17.0 Å². The van der Waals surface area contributed by atoms with Gasteiger partial charge in [0.2, 0.25) is 5.91 Å². The highest BCUT2D eigenvalue weighted by molar-refractivity contribution is 6.06. The van der Waals surface area contributed by atoms with Crippen LogP contribution in [0, 0.1) is 5.82 Å². The highest BCUT2D eigenvalue weighted by atomic mass is 19.1. The molecule has 10 heteroatoms. The van der Waals surface area contributed by atoms with E-state index in [4.69, 9.17) is 0 Å². The minimum absolute atomic E-state index is 0.0123. The summed E-state index contributed by atoms with van der Waals surface area (Å²) in [6.45, 7) is 0.674. The Hall–Kier alpha value is -4.08. The molecule has 0 unspecified atom stereocenters. The monoisotopic (exact) mass is 462 g/mol. The summed E-state index contributed by atoms with van der Waals surface area (Å²) in [6, 6.07) is 10.6. The quantitative estimate of drug-likeness (QED) is 0.567. The summed E-state index contributed by atoms with van der Waals surface area (Å²) in [7, 11) is 0. The molecule has 0 bridgehead atoms. The smallest absolute Gasteiger partial charge is 0.324 e. The van der Waals surface area contributed by atoms with Gasteiger partial charge in [0, 0.05) is 24.1 Å². The van der Waals surface area contributed by atoms with Gasteiger partial charge in [-0.15, -0.1) is 10.2 Å². The molecule has 2 aromatic carbocycles. The number of hydrogen-bond acceptors (Lipinski definition) is 5. The lowest BCUT2D eigenvalue weighted by molar-refractivity contribution is -0.125. The highest BCUT2D eigenvalue weighted by Crippen LogP contribution is 2.27. The van der Waals surface area contributed by atoms with E-state index in [0.717, 1.165) is 43.0 Å². The van der Waals surface area contributed by atoms with E-state index >= 15 is 0 Å². The maximum absolute atomic E-state index is 14.7. The van der Waals surface area contributed by atoms with Gasteiger partial charge >= 0.3 is 6.03 Å². The van der Waals surface area contributed by atoms with Crippen LogP contribution in [-0.4, -0.2) is 44.1 Å². The van der Waals surface area contributed by atoms with E-state index in [-0.39, 0.29) is 30.2 Å². The van der Waals surface area contributed by atoms with Gasteiger partial charge in [-0.3, -0.25) is 14.5 Å². The predicted octanol–water partition coefficient (Wildman–Crippen LogP) is 3.11. The molecule has 9 nitrogen and oxygen atoms in total. The molecule has 2 aliphatic heterocycles. The number of nitrogens with one attached hydrogen (secondary N) is 2. The predicted molar refractivity (Wildman–Crippen MR) is 121 cm³/mol. The van der Waals surface area contributed by atoms with Crippen molar-refractivity contribution in [2.75, 3.05) is 11.9 Å². The lowest BCUT2D eigenvalue weighted by Crippen LogP contribution is -2.31. The molecule has 174 valence electrons. The first-order valence-electron chi connectivity index (χ1n) is 11.2. The molecule has 1 saturated heterocycles. The van der Waals surface area contributed by atoms with Crippen molar-refractivity contribution in [3.8, 4) is 11.4 Å². The Morgan fingerprint density at radius 2 is 1.94 bits per heavy atom. The van der Waals surface area contributed by atoms with Crippen LogP contribution in [-0.2, 0) is 24.3 Å². The Morgan fingerprint density at radius 1 is 1.09 bits per heavy atom. The number of aromatic nitrogens is 3. The van der Waals surface area contributed by atoms with Crippen molar-refractivity contribution in [3.05, 3.63) is 65.2 Å². The van der Waals surface area contributed by atoms with Crippen LogP contribution in [0.1, 0.15) is 41.0 Å². The average Bonchev–Trinajstić information content (AvgIpc) is 3.29. The van der Waals surface area contributed by atoms with E-state index in [9.17, 15) is 18.8 Å². The van der Waals surface area contributed by atoms with Gasteiger partial charge in [0.25, 0.3) is 5.91 Å². The SMILES string of the molecule is O=C(Nc1cc(-c2nnc3n2CCCCC3)ccc1F)c1ccccc1CN1C(=O)CNC1=O. The second-order valence-electron chi connectivity index (χ2n) is 8.35. The van der Waals surface area contributed by atoms with Gasteiger partial charge in [0.15, 0.2) is 5.82 Å². The van der Waals surface area contributed by atoms with Crippen molar-refractivity contribution in [3.63, 3.8) is 0 Å². The number of hydrogen-bond donors (Lipinski definition) is 2. The lowest BCUT2D eigenvalue weighted by atomic mass is 10.1. The van der Waals surface area contributed by atoms with Gasteiger partial charge < -0.3 is 15.2 Å². The van der Waals surface area contributed by atoms with Crippen LogP contribution in [0.25, 0.3) is 11.4 Å². The summed E-state index contributed by atoms with van der Waals surface area (Å²) >= 11 is 0. The lowest BCUT2D eigenvalue weighted by Gasteiger charge is -2.16. The first-order chi connectivity index (χ1) is 16.5. The molecule has 2 aliphatic rings. The molecule has 1 aromatic heterocycles. The molecule has 34 heavy (non-hydrogen) atoms. The van der Waals surface area contributed by atoms with E-state index in [1.165, 1.54) is 6.07 Å². The number of imide groups is 1. The van der Waals surface area contributed by atoms with E-state index in [1.54, 1.807) is 36.4 Å². The van der Waals surface area contributed by atoms with E-state index in [1.807, 2.05) is 0 Å². The molecule has 1 fully saturated rings. The van der Waals surface area contributed by atoms with Crippen molar-refractivity contribution < 1.29 is 18.8 Å². The number of amides is 4. The molecule has 0 aliphatic carbocycles. The zero-order valence-electron chi connectivity index (χ0n) is 18.4. The standard InChI is InChI=1S/C24H23FN6O3/c25-18-10-9-15(22-29-28-20-8-2-1-5-11-30(20)22)12-19(18)27-23(33)17-7-4-3-6-16(17)14-31-21(32)13-26-24(31)34/h3-4,6-7,9-10,12H,1-2,5,8,11,13-14H2,(H,26,34)(H,27,33). The number of rotatable bonds is 5. The number of benzene rings is 2. The van der Waals surface area contributed by atoms with Crippen molar-refractivity contribution >= 4 is 23.5 Å². The van der Waals surface area contributed by atoms with Gasteiger partial charge in [-0.25, -0.2) is 9.18 Å². The van der Waals surface area contributed by atoms with Crippen molar-refractivity contribution in [2.24, 2.45) is 0 Å². The Kier molecular flexibility index (Phi) is 5.79. The molecule has 3 aromatic rings. The van der Waals surface area contributed by atoms with E-state index in [2.05, 4.69) is 25.4 Å². The molecule has 0 atom stereocenters. The number of aryl methyl sites for hydroxylation is 1. The third kappa shape index (κ3) is 4.14. The summed E-state index contributed by atoms with van der Waals surface area (Å²) in [5, 5.41) is 13.7. The summed E-state index contributed by atoms with van der Waals surface area (Å²) in [4.78, 5) is 38.0. The normalized spacial score (nSPS) is 15.6. The van der Waals surface area contributed by atoms with Crippen LogP contribution in [0.2, 0.25) is 0 Å². The van der Waals surface area contributed by atoms with Crippen LogP contribution >= 0.6 is 0 Å². The number of fused-ring (bicyclic) bond motifs is 1. The van der Waals surface area contributed by atoms with Gasteiger partial charge in [0.1, 0.15) is 11.6 Å². The van der Waals surface area contributed by atoms with Crippen LogP contribution in [0.5, 0.6) is 0 Å². The highest BCUT2D eigenvalue weighted by Gasteiger charge is 2.29. The number of carbonyl (C=O) groups excluding carboxylic acids is 3. The second-order valence-corrected chi connectivity index (χ2v) is 8.35. The fraction of sp³-hybridized carbons (Fsp3) is 0.292. The topological polar surface area (TPSA) is 109 Å². The zero-order valence-corrected chi connectivity index (χ0v) is 18.4. The second kappa shape index (κ2) is 9.05. The van der Waals surface area contributed by atoms with Crippen LogP contribution in [0.3, 0.4) is 0 Å². The fourth-order valence-corrected chi connectivity index (χ4v) is 4.31. The van der Waals surface area contributed by atoms with Crippen molar-refractivity contribution in [2.45, 2.75) is 38.8 Å². The molecule has 3 heterocycles. The average molecular weight is 462 g/mol. The number of urea groups is 1. The molecular weight excluding hydrogens is 439 g/mol. The van der Waals surface area contributed by atoms with Gasteiger partial charge in [-0.1, -0.05) is 24.6 Å². The third-order valence-electron chi connectivity index (χ3n) is 6.11. The molecular formula is C24H23FN6O3. The summed E-state index contributed by atoms with van der Waals surface area (Å²) < 4.78 is 16.7. The number of carbonyl (C=O) groups is 3. The van der Waals surface area contributed by atoms with Crippen LogP contribution < -0.4 is 10.6 Å². The molecule has 0 saturated carbocycles. The Bertz CT molecular complexity index is 1270. The molecule has 4 amide bonds.